The fourth-order valence-corrected chi connectivity index (χ4v) is 9.44. The number of carbonyl (C=O) groups is 4. The number of ether oxygens (including phenoxy) is 3. The van der Waals surface area contributed by atoms with Crippen LogP contribution in [0.2, 0.25) is 0 Å². The van der Waals surface area contributed by atoms with Gasteiger partial charge in [-0.1, -0.05) is 71.1 Å². The number of cyclic esters (lactones) is 1. The summed E-state index contributed by atoms with van der Waals surface area (Å²) < 4.78 is 18.0. The summed E-state index contributed by atoms with van der Waals surface area (Å²) in [6.07, 6.45) is 12.2. The monoisotopic (exact) mass is 842 g/mol. The Balaban J connectivity index is 1.61. The first-order valence-electron chi connectivity index (χ1n) is 22.5. The van der Waals surface area contributed by atoms with Crippen molar-refractivity contribution in [1.82, 2.24) is 4.90 Å². The molecule has 4 aliphatic rings. The second-order valence-corrected chi connectivity index (χ2v) is 18.8. The average molecular weight is 842 g/mol. The van der Waals surface area contributed by atoms with Crippen LogP contribution in [-0.4, -0.2) is 111 Å². The smallest absolute Gasteiger partial charge is 0.329 e. The number of hydrogen-bond donors (Lipinski definition) is 4. The van der Waals surface area contributed by atoms with Crippen LogP contribution in [0.15, 0.2) is 47.6 Å². The van der Waals surface area contributed by atoms with Crippen LogP contribution >= 0.6 is 0 Å². The van der Waals surface area contributed by atoms with Gasteiger partial charge < -0.3 is 39.5 Å². The van der Waals surface area contributed by atoms with Gasteiger partial charge in [0.1, 0.15) is 23.7 Å². The van der Waals surface area contributed by atoms with Gasteiger partial charge in [0, 0.05) is 50.7 Å². The third kappa shape index (κ3) is 14.0. The van der Waals surface area contributed by atoms with E-state index < -0.39 is 60.1 Å². The van der Waals surface area contributed by atoms with Crippen molar-refractivity contribution < 1.29 is 53.8 Å². The second-order valence-electron chi connectivity index (χ2n) is 18.8. The highest BCUT2D eigenvalue weighted by molar-refractivity contribution is 5.87. The number of ketones is 2. The lowest BCUT2D eigenvalue weighted by atomic mass is 9.78. The molecule has 1 aliphatic carbocycles. The molecule has 0 aromatic rings. The standard InChI is InChI=1S/C48H75NO11/c1-29-13-10-9-11-14-30(2)40(51)25-37-18-16-35(7)48(57,60-37)28-46(55)49-20-12-15-38(49)47(56)59-44(34(6)23-36-17-19-39(50)45(24-36)58-8)27-43(54)33(5)22-32(4)42(53)26-41(52)31(3)21-29/h9-11,13-14,22,29,31,33-40,42,44-45,50-51,53,57H,12,15-21,23-28H2,1-8H3/b11-9+,13-10+,30-14+,32-22+/t29-,31-,33-,34-,35-,36?,37+,38+,39+,40+,42+,44+,45+,48+/m1/s1. The molecule has 3 aliphatic heterocycles. The minimum absolute atomic E-state index is 0.0671. The van der Waals surface area contributed by atoms with E-state index in [0.717, 1.165) is 12.0 Å². The lowest BCUT2D eigenvalue weighted by Gasteiger charge is -2.43. The van der Waals surface area contributed by atoms with Gasteiger partial charge in [0.15, 0.2) is 5.79 Å². The minimum Gasteiger partial charge on any atom is -0.460 e. The van der Waals surface area contributed by atoms with Crippen LogP contribution in [0.4, 0.5) is 0 Å². The molecule has 3 fully saturated rings. The summed E-state index contributed by atoms with van der Waals surface area (Å²) in [5.74, 6) is -4.33. The molecule has 4 rings (SSSR count). The van der Waals surface area contributed by atoms with Crippen LogP contribution in [0.25, 0.3) is 0 Å². The Labute approximate surface area is 358 Å². The van der Waals surface area contributed by atoms with E-state index in [1.165, 1.54) is 4.90 Å². The van der Waals surface area contributed by atoms with Crippen molar-refractivity contribution in [2.75, 3.05) is 13.7 Å². The highest BCUT2D eigenvalue weighted by atomic mass is 16.6. The predicted molar refractivity (Wildman–Crippen MR) is 229 cm³/mol. The zero-order valence-electron chi connectivity index (χ0n) is 37.5. The normalized spacial score (nSPS) is 41.3. The van der Waals surface area contributed by atoms with Crippen molar-refractivity contribution in [1.29, 1.82) is 0 Å². The largest absolute Gasteiger partial charge is 0.460 e. The van der Waals surface area contributed by atoms with Gasteiger partial charge in [-0.25, -0.2) is 4.79 Å². The van der Waals surface area contributed by atoms with Gasteiger partial charge in [0.25, 0.3) is 0 Å². The molecular weight excluding hydrogens is 767 g/mol. The summed E-state index contributed by atoms with van der Waals surface area (Å²) in [5, 5.41) is 44.3. The third-order valence-corrected chi connectivity index (χ3v) is 13.7. The van der Waals surface area contributed by atoms with E-state index in [0.29, 0.717) is 63.5 Å². The summed E-state index contributed by atoms with van der Waals surface area (Å²) in [7, 11) is 1.59. The van der Waals surface area contributed by atoms with Crippen molar-refractivity contribution in [3.63, 3.8) is 0 Å². The molecule has 338 valence electrons. The number of aliphatic hydroxyl groups is 4. The second kappa shape index (κ2) is 22.9. The van der Waals surface area contributed by atoms with Crippen molar-refractivity contribution in [3.8, 4) is 0 Å². The summed E-state index contributed by atoms with van der Waals surface area (Å²) in [5.41, 5.74) is 1.24. The molecule has 12 nitrogen and oxygen atoms in total. The SMILES string of the molecule is CO[C@H]1CC(C[C@@H](C)[C@@H]2CC(=O)[C@H](C)/C=C(\C)[C@@H](O)CC(=O)[C@H](C)C[C@H](C)/C=C/C=C/C=C(\C)[C@@H](O)C[C@@H]3CC[C@@H](C)[C@](O)(CC(=O)N4CCC[C@H]4C(=O)O2)O3)CC[C@@H]1O. The van der Waals surface area contributed by atoms with E-state index in [2.05, 4.69) is 0 Å². The molecule has 1 saturated carbocycles. The Hall–Kier alpha value is -3.00. The summed E-state index contributed by atoms with van der Waals surface area (Å²) in [4.78, 5) is 56.7. The minimum atomic E-state index is -1.79. The van der Waals surface area contributed by atoms with Crippen molar-refractivity contribution >= 4 is 23.4 Å². The molecule has 12 heteroatoms. The van der Waals surface area contributed by atoms with E-state index >= 15 is 0 Å². The molecule has 60 heavy (non-hydrogen) atoms. The first kappa shape index (κ1) is 49.7. The Morgan fingerprint density at radius 2 is 1.60 bits per heavy atom. The zero-order chi connectivity index (χ0) is 44.3. The molecule has 4 N–H and O–H groups in total. The molecule has 2 bridgehead atoms. The number of methoxy groups -OCH3 is 1. The quantitative estimate of drug-likeness (QED) is 0.184. The molecule has 0 aromatic carbocycles. The van der Waals surface area contributed by atoms with Crippen LogP contribution < -0.4 is 0 Å². The number of Topliss-reactive ketones (excluding diaryl/α,β-unsaturated/α-hetero) is 2. The Morgan fingerprint density at radius 1 is 0.867 bits per heavy atom. The lowest BCUT2D eigenvalue weighted by molar-refractivity contribution is -0.283. The molecule has 3 heterocycles. The first-order chi connectivity index (χ1) is 28.3. The maximum absolute atomic E-state index is 14.1. The summed E-state index contributed by atoms with van der Waals surface area (Å²) in [6.45, 7) is 13.3. The van der Waals surface area contributed by atoms with Gasteiger partial charge in [0.05, 0.1) is 36.9 Å². The van der Waals surface area contributed by atoms with Crippen molar-refractivity contribution in [2.45, 2.75) is 180 Å². The number of carbonyl (C=O) groups excluding carboxylic acids is 4. The molecular formula is C48H75NO11. The predicted octanol–water partition coefficient (Wildman–Crippen LogP) is 6.33. The van der Waals surface area contributed by atoms with Crippen LogP contribution in [0.1, 0.15) is 132 Å². The molecule has 2 saturated heterocycles. The Kier molecular flexibility index (Phi) is 19.0. The Bertz CT molecular complexity index is 1590. The Morgan fingerprint density at radius 3 is 2.32 bits per heavy atom. The van der Waals surface area contributed by atoms with Crippen molar-refractivity contribution in [3.05, 3.63) is 47.6 Å². The van der Waals surface area contributed by atoms with E-state index in [1.54, 1.807) is 27.0 Å². The molecule has 0 spiro atoms. The number of hydrogen-bond acceptors (Lipinski definition) is 11. The van der Waals surface area contributed by atoms with Crippen molar-refractivity contribution in [2.24, 2.45) is 35.5 Å². The maximum Gasteiger partial charge on any atom is 0.329 e. The van der Waals surface area contributed by atoms with E-state index in [1.807, 2.05) is 65.0 Å². The number of esters is 1. The molecule has 1 amide bonds. The number of amides is 1. The summed E-state index contributed by atoms with van der Waals surface area (Å²) >= 11 is 0. The van der Waals surface area contributed by atoms with Gasteiger partial charge >= 0.3 is 5.97 Å². The first-order valence-corrected chi connectivity index (χ1v) is 22.5. The van der Waals surface area contributed by atoms with Crippen LogP contribution in [0.5, 0.6) is 0 Å². The van der Waals surface area contributed by atoms with Gasteiger partial charge in [0.2, 0.25) is 5.91 Å². The average Bonchev–Trinajstić information content (AvgIpc) is 3.70. The number of allylic oxidation sites excluding steroid dienone is 6. The highest BCUT2D eigenvalue weighted by Gasteiger charge is 2.47. The van der Waals surface area contributed by atoms with Gasteiger partial charge in [-0.3, -0.25) is 14.4 Å². The zero-order valence-corrected chi connectivity index (χ0v) is 37.5. The fraction of sp³-hybridized carbons (Fsp3) is 0.750. The number of nitrogens with zero attached hydrogens (tertiary/aromatic N) is 1. The summed E-state index contributed by atoms with van der Waals surface area (Å²) in [6, 6.07) is -0.894. The highest BCUT2D eigenvalue weighted by Crippen LogP contribution is 2.38. The number of aliphatic hydroxyl groups excluding tert-OH is 3. The van der Waals surface area contributed by atoms with E-state index in [4.69, 9.17) is 14.2 Å². The third-order valence-electron chi connectivity index (χ3n) is 13.7. The molecule has 0 aromatic heterocycles. The fourth-order valence-electron chi connectivity index (χ4n) is 9.44. The molecule has 14 atom stereocenters. The van der Waals surface area contributed by atoms with E-state index in [-0.39, 0.29) is 72.9 Å². The molecule has 1 unspecified atom stereocenters. The number of rotatable bonds is 4. The van der Waals surface area contributed by atoms with Crippen LogP contribution in [0, 0.1) is 35.5 Å². The van der Waals surface area contributed by atoms with E-state index in [9.17, 15) is 39.6 Å². The van der Waals surface area contributed by atoms with Crippen LogP contribution in [-0.2, 0) is 33.4 Å². The maximum atomic E-state index is 14.1. The lowest BCUT2D eigenvalue weighted by Crippen LogP contribution is -2.52. The van der Waals surface area contributed by atoms with Gasteiger partial charge in [-0.2, -0.15) is 0 Å². The van der Waals surface area contributed by atoms with Crippen LogP contribution in [0.3, 0.4) is 0 Å². The number of fused-ring (bicyclic) bond motifs is 3. The molecule has 0 radical (unpaired) electrons. The van der Waals surface area contributed by atoms with Gasteiger partial charge in [-0.15, -0.1) is 0 Å². The van der Waals surface area contributed by atoms with Gasteiger partial charge in [-0.05, 0) is 101 Å². The topological polar surface area (TPSA) is 180 Å².